The van der Waals surface area contributed by atoms with Crippen LogP contribution >= 0.6 is 11.6 Å². The van der Waals surface area contributed by atoms with Gasteiger partial charge in [0.25, 0.3) is 0 Å². The minimum absolute atomic E-state index is 0.117. The van der Waals surface area contributed by atoms with Gasteiger partial charge in [-0.25, -0.2) is 0 Å². The van der Waals surface area contributed by atoms with Crippen molar-refractivity contribution in [1.82, 2.24) is 5.32 Å². The SMILES string of the molecule is Cc1ccc(CNCC(C)(C)CCO)c(Cl)c1. The minimum Gasteiger partial charge on any atom is -0.396 e. The van der Waals surface area contributed by atoms with Gasteiger partial charge in [-0.2, -0.15) is 0 Å². The smallest absolute Gasteiger partial charge is 0.0453 e. The summed E-state index contributed by atoms with van der Waals surface area (Å²) in [5.41, 5.74) is 2.42. The zero-order valence-corrected chi connectivity index (χ0v) is 11.6. The molecule has 0 fully saturated rings. The molecule has 3 heteroatoms. The summed E-state index contributed by atoms with van der Waals surface area (Å²) < 4.78 is 0. The first-order valence-corrected chi connectivity index (χ1v) is 6.39. The largest absolute Gasteiger partial charge is 0.396 e. The van der Waals surface area contributed by atoms with Gasteiger partial charge in [-0.1, -0.05) is 37.6 Å². The van der Waals surface area contributed by atoms with Crippen LogP contribution in [-0.4, -0.2) is 18.3 Å². The number of hydrogen-bond donors (Lipinski definition) is 2. The van der Waals surface area contributed by atoms with Gasteiger partial charge in [0.1, 0.15) is 0 Å². The van der Waals surface area contributed by atoms with Crippen molar-refractivity contribution in [3.63, 3.8) is 0 Å². The summed E-state index contributed by atoms with van der Waals surface area (Å²) in [5.74, 6) is 0. The van der Waals surface area contributed by atoms with Crippen molar-refractivity contribution in [3.05, 3.63) is 34.3 Å². The average Bonchev–Trinajstić information content (AvgIpc) is 2.21. The van der Waals surface area contributed by atoms with E-state index in [0.717, 1.165) is 30.1 Å². The Labute approximate surface area is 109 Å². The Morgan fingerprint density at radius 3 is 2.65 bits per heavy atom. The fourth-order valence-corrected chi connectivity index (χ4v) is 2.02. The van der Waals surface area contributed by atoms with Crippen molar-refractivity contribution in [1.29, 1.82) is 0 Å². The van der Waals surface area contributed by atoms with Gasteiger partial charge in [0, 0.05) is 24.7 Å². The van der Waals surface area contributed by atoms with E-state index in [1.807, 2.05) is 13.0 Å². The second kappa shape index (κ2) is 6.39. The summed E-state index contributed by atoms with van der Waals surface area (Å²) in [6, 6.07) is 6.11. The Morgan fingerprint density at radius 1 is 1.35 bits per heavy atom. The van der Waals surface area contributed by atoms with Crippen LogP contribution in [0.15, 0.2) is 18.2 Å². The lowest BCUT2D eigenvalue weighted by Crippen LogP contribution is -2.29. The van der Waals surface area contributed by atoms with Crippen LogP contribution in [0.5, 0.6) is 0 Å². The number of aliphatic hydroxyl groups is 1. The zero-order chi connectivity index (χ0) is 12.9. The zero-order valence-electron chi connectivity index (χ0n) is 10.9. The maximum absolute atomic E-state index is 8.94. The Bertz CT molecular complexity index is 363. The summed E-state index contributed by atoms with van der Waals surface area (Å²) in [6.07, 6.45) is 0.807. The van der Waals surface area contributed by atoms with E-state index in [9.17, 15) is 0 Å². The van der Waals surface area contributed by atoms with Crippen molar-refractivity contribution in [3.8, 4) is 0 Å². The Morgan fingerprint density at radius 2 is 2.06 bits per heavy atom. The molecule has 1 aromatic rings. The second-order valence-corrected chi connectivity index (χ2v) is 5.74. The number of aryl methyl sites for hydroxylation is 1. The summed E-state index contributed by atoms with van der Waals surface area (Å²) in [5, 5.41) is 13.2. The Kier molecular flexibility index (Phi) is 5.44. The van der Waals surface area contributed by atoms with Crippen LogP contribution < -0.4 is 5.32 Å². The van der Waals surface area contributed by atoms with Gasteiger partial charge >= 0.3 is 0 Å². The van der Waals surface area contributed by atoms with Crippen LogP contribution in [0.1, 0.15) is 31.4 Å². The third-order valence-electron chi connectivity index (χ3n) is 2.92. The van der Waals surface area contributed by atoms with Gasteiger partial charge in [-0.3, -0.25) is 0 Å². The van der Waals surface area contributed by atoms with E-state index in [2.05, 4.69) is 31.3 Å². The number of halogens is 1. The predicted octanol–water partition coefficient (Wildman–Crippen LogP) is 3.15. The molecule has 0 atom stereocenters. The molecule has 0 radical (unpaired) electrons. The van der Waals surface area contributed by atoms with Crippen LogP contribution in [0.4, 0.5) is 0 Å². The molecule has 0 amide bonds. The average molecular weight is 256 g/mol. The van der Waals surface area contributed by atoms with Crippen LogP contribution in [0.2, 0.25) is 5.02 Å². The van der Waals surface area contributed by atoms with Crippen molar-refractivity contribution < 1.29 is 5.11 Å². The molecule has 0 saturated carbocycles. The fourth-order valence-electron chi connectivity index (χ4n) is 1.72. The maximum Gasteiger partial charge on any atom is 0.0453 e. The third kappa shape index (κ3) is 5.07. The van der Waals surface area contributed by atoms with E-state index in [-0.39, 0.29) is 12.0 Å². The molecule has 2 N–H and O–H groups in total. The van der Waals surface area contributed by atoms with E-state index in [1.54, 1.807) is 0 Å². The molecule has 0 bridgehead atoms. The first kappa shape index (κ1) is 14.5. The standard InChI is InChI=1S/C14H22ClNO/c1-11-4-5-12(13(15)8-11)9-16-10-14(2,3)6-7-17/h4-5,8,16-17H,6-7,9-10H2,1-3H3. The summed E-state index contributed by atoms with van der Waals surface area (Å²) in [4.78, 5) is 0. The number of aliphatic hydroxyl groups excluding tert-OH is 1. The molecule has 0 aromatic heterocycles. The quantitative estimate of drug-likeness (QED) is 0.819. The Hall–Kier alpha value is -0.570. The van der Waals surface area contributed by atoms with Crippen molar-refractivity contribution in [2.75, 3.05) is 13.2 Å². The minimum atomic E-state index is 0.117. The van der Waals surface area contributed by atoms with Gasteiger partial charge in [0.15, 0.2) is 0 Å². The van der Waals surface area contributed by atoms with Crippen molar-refractivity contribution >= 4 is 11.6 Å². The van der Waals surface area contributed by atoms with Gasteiger partial charge < -0.3 is 10.4 Å². The number of rotatable bonds is 6. The van der Waals surface area contributed by atoms with E-state index in [0.29, 0.717) is 0 Å². The lowest BCUT2D eigenvalue weighted by Gasteiger charge is -2.24. The fraction of sp³-hybridized carbons (Fsp3) is 0.571. The van der Waals surface area contributed by atoms with Crippen LogP contribution in [0, 0.1) is 12.3 Å². The number of nitrogens with one attached hydrogen (secondary N) is 1. The van der Waals surface area contributed by atoms with Gasteiger partial charge in [-0.05, 0) is 36.0 Å². The monoisotopic (exact) mass is 255 g/mol. The third-order valence-corrected chi connectivity index (χ3v) is 3.27. The van der Waals surface area contributed by atoms with Gasteiger partial charge in [-0.15, -0.1) is 0 Å². The van der Waals surface area contributed by atoms with Crippen LogP contribution in [0.25, 0.3) is 0 Å². The van der Waals surface area contributed by atoms with E-state index < -0.39 is 0 Å². The molecule has 0 saturated heterocycles. The van der Waals surface area contributed by atoms with E-state index in [4.69, 9.17) is 16.7 Å². The first-order chi connectivity index (χ1) is 7.94. The molecular weight excluding hydrogens is 234 g/mol. The lowest BCUT2D eigenvalue weighted by atomic mass is 9.90. The molecular formula is C14H22ClNO. The Balaban J connectivity index is 2.46. The van der Waals surface area contributed by atoms with E-state index in [1.165, 1.54) is 5.56 Å². The highest BCUT2D eigenvalue weighted by molar-refractivity contribution is 6.31. The molecule has 96 valence electrons. The molecule has 0 aliphatic carbocycles. The van der Waals surface area contributed by atoms with Gasteiger partial charge in [0.2, 0.25) is 0 Å². The highest BCUT2D eigenvalue weighted by atomic mass is 35.5. The number of benzene rings is 1. The van der Waals surface area contributed by atoms with Crippen LogP contribution in [-0.2, 0) is 6.54 Å². The molecule has 2 nitrogen and oxygen atoms in total. The summed E-state index contributed by atoms with van der Waals surface area (Å²) in [6.45, 7) is 8.21. The summed E-state index contributed by atoms with van der Waals surface area (Å²) >= 11 is 6.16. The molecule has 1 rings (SSSR count). The first-order valence-electron chi connectivity index (χ1n) is 6.01. The lowest BCUT2D eigenvalue weighted by molar-refractivity contribution is 0.207. The van der Waals surface area contributed by atoms with E-state index >= 15 is 0 Å². The highest BCUT2D eigenvalue weighted by Crippen LogP contribution is 2.20. The van der Waals surface area contributed by atoms with Crippen molar-refractivity contribution in [2.24, 2.45) is 5.41 Å². The summed E-state index contributed by atoms with van der Waals surface area (Å²) in [7, 11) is 0. The van der Waals surface area contributed by atoms with Crippen LogP contribution in [0.3, 0.4) is 0 Å². The maximum atomic E-state index is 8.94. The molecule has 1 aromatic carbocycles. The second-order valence-electron chi connectivity index (χ2n) is 5.34. The highest BCUT2D eigenvalue weighted by Gasteiger charge is 2.16. The van der Waals surface area contributed by atoms with Crippen molar-refractivity contribution in [2.45, 2.75) is 33.7 Å². The molecule has 0 unspecified atom stereocenters. The van der Waals surface area contributed by atoms with Gasteiger partial charge in [0.05, 0.1) is 0 Å². The molecule has 0 aliphatic heterocycles. The molecule has 0 heterocycles. The predicted molar refractivity (Wildman–Crippen MR) is 73.4 cm³/mol. The topological polar surface area (TPSA) is 32.3 Å². The number of hydrogen-bond acceptors (Lipinski definition) is 2. The molecule has 0 spiro atoms. The normalized spacial score (nSPS) is 11.8. The molecule has 0 aliphatic rings. The molecule has 17 heavy (non-hydrogen) atoms.